The number of pyridine rings is 1. The van der Waals surface area contributed by atoms with Gasteiger partial charge in [-0.3, -0.25) is 5.32 Å². The van der Waals surface area contributed by atoms with Crippen molar-refractivity contribution in [2.75, 3.05) is 11.9 Å². The van der Waals surface area contributed by atoms with Gasteiger partial charge in [0.2, 0.25) is 0 Å². The lowest BCUT2D eigenvalue weighted by Gasteiger charge is -2.14. The summed E-state index contributed by atoms with van der Waals surface area (Å²) in [5.74, 6) is -0.238. The number of aromatic hydroxyl groups is 1. The van der Waals surface area contributed by atoms with E-state index < -0.39 is 6.09 Å². The van der Waals surface area contributed by atoms with Crippen LogP contribution in [0.2, 0.25) is 5.02 Å². The second-order valence-electron chi connectivity index (χ2n) is 5.97. The summed E-state index contributed by atoms with van der Waals surface area (Å²) >= 11 is 5.73. The fourth-order valence-electron chi connectivity index (χ4n) is 3.26. The minimum absolute atomic E-state index is 0.00613. The Balaban J connectivity index is 1.50. The maximum Gasteiger partial charge on any atom is 0.412 e. The highest BCUT2D eigenvalue weighted by Gasteiger charge is 2.29. The van der Waals surface area contributed by atoms with Gasteiger partial charge in [0.15, 0.2) is 11.6 Å². The minimum atomic E-state index is -0.683. The summed E-state index contributed by atoms with van der Waals surface area (Å²) in [6, 6.07) is 17.5. The van der Waals surface area contributed by atoms with Crippen LogP contribution >= 0.6 is 11.6 Å². The zero-order chi connectivity index (χ0) is 18.1. The highest BCUT2D eigenvalue weighted by Crippen LogP contribution is 2.44. The van der Waals surface area contributed by atoms with Gasteiger partial charge in [-0.1, -0.05) is 60.1 Å². The molecule has 0 unspecified atom stereocenters. The number of halogens is 1. The fourth-order valence-corrected chi connectivity index (χ4v) is 3.41. The van der Waals surface area contributed by atoms with Gasteiger partial charge in [-0.2, -0.15) is 0 Å². The number of ether oxygens (including phenoxy) is 1. The van der Waals surface area contributed by atoms with Crippen LogP contribution in [0.3, 0.4) is 0 Å². The Morgan fingerprint density at radius 3 is 2.35 bits per heavy atom. The van der Waals surface area contributed by atoms with Gasteiger partial charge in [0, 0.05) is 18.2 Å². The molecule has 0 aliphatic heterocycles. The van der Waals surface area contributed by atoms with Crippen LogP contribution in [0.4, 0.5) is 10.6 Å². The molecule has 3 aromatic rings. The Morgan fingerprint density at radius 1 is 1.12 bits per heavy atom. The van der Waals surface area contributed by atoms with E-state index in [4.69, 9.17) is 16.3 Å². The monoisotopic (exact) mass is 366 g/mol. The van der Waals surface area contributed by atoms with E-state index in [-0.39, 0.29) is 29.1 Å². The number of anilines is 1. The van der Waals surface area contributed by atoms with E-state index in [2.05, 4.69) is 22.4 Å². The predicted octanol–water partition coefficient (Wildman–Crippen LogP) is 4.80. The summed E-state index contributed by atoms with van der Waals surface area (Å²) in [4.78, 5) is 16.0. The molecule has 130 valence electrons. The van der Waals surface area contributed by atoms with Crippen molar-refractivity contribution in [2.24, 2.45) is 0 Å². The lowest BCUT2D eigenvalue weighted by atomic mass is 9.98. The van der Waals surface area contributed by atoms with Crippen LogP contribution in [0.5, 0.6) is 5.75 Å². The van der Waals surface area contributed by atoms with Crippen molar-refractivity contribution in [1.29, 1.82) is 0 Å². The van der Waals surface area contributed by atoms with Crippen LogP contribution in [0, 0.1) is 0 Å². The molecule has 0 spiro atoms. The van der Waals surface area contributed by atoms with Crippen molar-refractivity contribution in [1.82, 2.24) is 4.98 Å². The van der Waals surface area contributed by atoms with Crippen molar-refractivity contribution < 1.29 is 14.6 Å². The zero-order valence-corrected chi connectivity index (χ0v) is 14.4. The number of hydrogen-bond donors (Lipinski definition) is 2. The Bertz CT molecular complexity index is 945. The molecule has 2 aromatic carbocycles. The molecular formula is C20H15ClN2O3. The number of fused-ring (bicyclic) bond motifs is 3. The summed E-state index contributed by atoms with van der Waals surface area (Å²) < 4.78 is 5.39. The molecule has 0 atom stereocenters. The number of aromatic nitrogens is 1. The summed E-state index contributed by atoms with van der Waals surface area (Å²) in [6.45, 7) is 0.189. The molecule has 1 aromatic heterocycles. The maximum absolute atomic E-state index is 12.1. The van der Waals surface area contributed by atoms with E-state index in [9.17, 15) is 9.90 Å². The molecule has 5 nitrogen and oxygen atoms in total. The quantitative estimate of drug-likeness (QED) is 0.698. The van der Waals surface area contributed by atoms with Crippen LogP contribution in [0.1, 0.15) is 17.0 Å². The first-order valence-electron chi connectivity index (χ1n) is 8.10. The largest absolute Gasteiger partial charge is 0.504 e. The predicted molar refractivity (Wildman–Crippen MR) is 99.6 cm³/mol. The van der Waals surface area contributed by atoms with E-state index in [0.717, 1.165) is 22.3 Å². The van der Waals surface area contributed by atoms with Gasteiger partial charge in [-0.15, -0.1) is 0 Å². The molecule has 0 fully saturated rings. The third kappa shape index (κ3) is 2.97. The standard InChI is InChI=1S/C20H15ClN2O3/c21-12-9-18(24)19(22-10-12)23-20(25)26-11-17-15-7-3-1-5-13(15)14-6-2-4-8-16(14)17/h1-10,17,24H,11H2,(H,22,23,25). The average molecular weight is 367 g/mol. The summed E-state index contributed by atoms with van der Waals surface area (Å²) in [5, 5.41) is 12.5. The Kier molecular flexibility index (Phi) is 4.22. The topological polar surface area (TPSA) is 71.5 Å². The zero-order valence-electron chi connectivity index (χ0n) is 13.6. The molecule has 0 saturated carbocycles. The molecule has 4 rings (SSSR count). The number of nitrogens with zero attached hydrogens (tertiary/aromatic N) is 1. The summed E-state index contributed by atoms with van der Waals surface area (Å²) in [5.41, 5.74) is 4.59. The summed E-state index contributed by atoms with van der Waals surface area (Å²) in [6.07, 6.45) is 0.650. The molecule has 1 aliphatic carbocycles. The number of benzene rings is 2. The molecule has 26 heavy (non-hydrogen) atoms. The first-order valence-corrected chi connectivity index (χ1v) is 8.48. The lowest BCUT2D eigenvalue weighted by Crippen LogP contribution is -2.18. The van der Waals surface area contributed by atoms with Crippen molar-refractivity contribution in [3.05, 3.63) is 76.9 Å². The Morgan fingerprint density at radius 2 is 1.73 bits per heavy atom. The van der Waals surface area contributed by atoms with Crippen molar-refractivity contribution in [3.63, 3.8) is 0 Å². The molecule has 0 bridgehead atoms. The lowest BCUT2D eigenvalue weighted by molar-refractivity contribution is 0.158. The van der Waals surface area contributed by atoms with Crippen molar-refractivity contribution in [2.45, 2.75) is 5.92 Å². The van der Waals surface area contributed by atoms with E-state index in [1.165, 1.54) is 12.3 Å². The van der Waals surface area contributed by atoms with Gasteiger partial charge in [-0.05, 0) is 22.3 Å². The van der Waals surface area contributed by atoms with Crippen LogP contribution in [-0.2, 0) is 4.74 Å². The molecule has 0 saturated heterocycles. The van der Waals surface area contributed by atoms with E-state index in [1.54, 1.807) is 0 Å². The molecular weight excluding hydrogens is 352 g/mol. The number of nitrogens with one attached hydrogen (secondary N) is 1. The van der Waals surface area contributed by atoms with Gasteiger partial charge in [-0.25, -0.2) is 9.78 Å². The van der Waals surface area contributed by atoms with Crippen molar-refractivity contribution >= 4 is 23.5 Å². The van der Waals surface area contributed by atoms with E-state index >= 15 is 0 Å². The van der Waals surface area contributed by atoms with Crippen LogP contribution in [0.25, 0.3) is 11.1 Å². The van der Waals surface area contributed by atoms with Crippen LogP contribution < -0.4 is 5.32 Å². The number of amides is 1. The normalized spacial score (nSPS) is 12.3. The van der Waals surface area contributed by atoms with Gasteiger partial charge in [0.25, 0.3) is 0 Å². The highest BCUT2D eigenvalue weighted by atomic mass is 35.5. The molecule has 1 heterocycles. The van der Waals surface area contributed by atoms with Crippen molar-refractivity contribution in [3.8, 4) is 16.9 Å². The first kappa shape index (κ1) is 16.4. The molecule has 0 radical (unpaired) electrons. The smallest absolute Gasteiger partial charge is 0.412 e. The maximum atomic E-state index is 12.1. The van der Waals surface area contributed by atoms with E-state index in [0.29, 0.717) is 0 Å². The SMILES string of the molecule is O=C(Nc1ncc(Cl)cc1O)OCC1c2ccccc2-c2ccccc21. The number of hydrogen-bond acceptors (Lipinski definition) is 4. The first-order chi connectivity index (χ1) is 12.6. The second-order valence-corrected chi connectivity index (χ2v) is 6.41. The third-order valence-electron chi connectivity index (χ3n) is 4.40. The number of carbonyl (C=O) groups excluding carboxylic acids is 1. The molecule has 1 amide bonds. The molecule has 1 aliphatic rings. The van der Waals surface area contributed by atoms with Crippen LogP contribution in [0.15, 0.2) is 60.8 Å². The van der Waals surface area contributed by atoms with Gasteiger partial charge >= 0.3 is 6.09 Å². The van der Waals surface area contributed by atoms with Gasteiger partial charge in [0.1, 0.15) is 6.61 Å². The second kappa shape index (κ2) is 6.69. The minimum Gasteiger partial charge on any atom is -0.504 e. The molecule has 2 N–H and O–H groups in total. The van der Waals surface area contributed by atoms with E-state index in [1.807, 2.05) is 36.4 Å². The highest BCUT2D eigenvalue weighted by molar-refractivity contribution is 6.30. The van der Waals surface area contributed by atoms with Crippen LogP contribution in [-0.4, -0.2) is 22.8 Å². The number of carbonyl (C=O) groups is 1. The summed E-state index contributed by atoms with van der Waals surface area (Å²) in [7, 11) is 0. The molecule has 6 heteroatoms. The Hall–Kier alpha value is -3.05. The fraction of sp³-hybridized carbons (Fsp3) is 0.100. The average Bonchev–Trinajstić information content (AvgIpc) is 2.96. The van der Waals surface area contributed by atoms with Gasteiger partial charge < -0.3 is 9.84 Å². The Labute approximate surface area is 155 Å². The third-order valence-corrected chi connectivity index (χ3v) is 4.61. The van der Waals surface area contributed by atoms with Gasteiger partial charge in [0.05, 0.1) is 5.02 Å². The number of rotatable bonds is 3.